The van der Waals surface area contributed by atoms with Gasteiger partial charge in [0.1, 0.15) is 5.70 Å². The van der Waals surface area contributed by atoms with Gasteiger partial charge in [-0.2, -0.15) is 0 Å². The lowest BCUT2D eigenvalue weighted by Crippen LogP contribution is -2.43. The third-order valence-electron chi connectivity index (χ3n) is 3.27. The van der Waals surface area contributed by atoms with Crippen molar-refractivity contribution in [2.75, 3.05) is 42.1 Å². The zero-order valence-electron chi connectivity index (χ0n) is 12.7. The molecule has 1 aromatic rings. The molecular weight excluding hydrogens is 298 g/mol. The van der Waals surface area contributed by atoms with Crippen LogP contribution >= 0.6 is 11.8 Å². The molecule has 0 atom stereocenters. The zero-order chi connectivity index (χ0) is 15.8. The Kier molecular flexibility index (Phi) is 6.42. The Morgan fingerprint density at radius 2 is 2.36 bits per heavy atom. The average Bonchev–Trinajstić information content (AvgIpc) is 2.57. The zero-order valence-corrected chi connectivity index (χ0v) is 13.5. The number of piperazine rings is 1. The number of carbonyl (C=O) groups excluding carboxylic acids is 1. The van der Waals surface area contributed by atoms with Crippen molar-refractivity contribution >= 4 is 35.8 Å². The fraction of sp³-hybridized carbons (Fsp3) is 0.400. The SMILES string of the molecule is C=N/C(=C\SCC)C(=O)Nc1cnccc1N1CCNCC1. The second-order valence-electron chi connectivity index (χ2n) is 4.70. The molecule has 0 bridgehead atoms. The molecule has 0 aromatic carbocycles. The Morgan fingerprint density at radius 1 is 1.59 bits per heavy atom. The van der Waals surface area contributed by atoms with Crippen LogP contribution in [0.4, 0.5) is 11.4 Å². The lowest BCUT2D eigenvalue weighted by molar-refractivity contribution is -0.112. The Labute approximate surface area is 135 Å². The summed E-state index contributed by atoms with van der Waals surface area (Å²) in [6.07, 6.45) is 3.41. The van der Waals surface area contributed by atoms with Gasteiger partial charge in [0.2, 0.25) is 0 Å². The second kappa shape index (κ2) is 8.55. The number of thioether (sulfide) groups is 1. The fourth-order valence-electron chi connectivity index (χ4n) is 2.18. The van der Waals surface area contributed by atoms with Crippen molar-refractivity contribution in [3.05, 3.63) is 29.6 Å². The van der Waals surface area contributed by atoms with Gasteiger partial charge in [-0.3, -0.25) is 14.8 Å². The summed E-state index contributed by atoms with van der Waals surface area (Å²) in [4.78, 5) is 22.4. The van der Waals surface area contributed by atoms with E-state index in [1.165, 1.54) is 11.8 Å². The van der Waals surface area contributed by atoms with Crippen LogP contribution in [-0.4, -0.2) is 49.5 Å². The minimum atomic E-state index is -0.264. The molecule has 1 fully saturated rings. The molecule has 1 amide bonds. The molecule has 1 aromatic heterocycles. The van der Waals surface area contributed by atoms with E-state index in [4.69, 9.17) is 0 Å². The standard InChI is InChI=1S/C15H21N5OS/c1-3-22-11-13(16-2)15(21)19-12-10-18-5-4-14(12)20-8-6-17-7-9-20/h4-5,10-11,17H,2-3,6-9H2,1H3,(H,19,21)/b13-11-. The molecule has 118 valence electrons. The van der Waals surface area contributed by atoms with Crippen molar-refractivity contribution in [1.29, 1.82) is 0 Å². The quantitative estimate of drug-likeness (QED) is 0.617. The van der Waals surface area contributed by atoms with E-state index in [-0.39, 0.29) is 5.91 Å². The van der Waals surface area contributed by atoms with Crippen LogP contribution in [-0.2, 0) is 4.79 Å². The number of hydrogen-bond donors (Lipinski definition) is 2. The lowest BCUT2D eigenvalue weighted by Gasteiger charge is -2.30. The summed E-state index contributed by atoms with van der Waals surface area (Å²) in [6.45, 7) is 9.15. The molecule has 0 unspecified atom stereocenters. The number of amides is 1. The van der Waals surface area contributed by atoms with Gasteiger partial charge in [0, 0.05) is 37.8 Å². The first-order chi connectivity index (χ1) is 10.8. The summed E-state index contributed by atoms with van der Waals surface area (Å²) in [5.74, 6) is 0.617. The van der Waals surface area contributed by atoms with Crippen LogP contribution in [0.3, 0.4) is 0 Å². The van der Waals surface area contributed by atoms with Crippen LogP contribution in [0.1, 0.15) is 6.92 Å². The second-order valence-corrected chi connectivity index (χ2v) is 5.85. The van der Waals surface area contributed by atoms with Crippen LogP contribution in [0.5, 0.6) is 0 Å². The van der Waals surface area contributed by atoms with Crippen molar-refractivity contribution in [2.24, 2.45) is 4.99 Å². The maximum Gasteiger partial charge on any atom is 0.274 e. The Morgan fingerprint density at radius 3 is 3.05 bits per heavy atom. The average molecular weight is 319 g/mol. The highest BCUT2D eigenvalue weighted by Crippen LogP contribution is 2.25. The van der Waals surface area contributed by atoms with E-state index in [1.54, 1.807) is 17.8 Å². The Bertz CT molecular complexity index is 555. The number of pyridine rings is 1. The summed E-state index contributed by atoms with van der Waals surface area (Å²) in [7, 11) is 0. The van der Waals surface area contributed by atoms with Crippen LogP contribution in [0.15, 0.2) is 34.6 Å². The van der Waals surface area contributed by atoms with Gasteiger partial charge in [-0.25, -0.2) is 0 Å². The Hall–Kier alpha value is -1.86. The molecule has 1 aliphatic rings. The number of anilines is 2. The van der Waals surface area contributed by atoms with Gasteiger partial charge in [-0.1, -0.05) is 6.92 Å². The monoisotopic (exact) mass is 319 g/mol. The van der Waals surface area contributed by atoms with Gasteiger partial charge in [0.15, 0.2) is 0 Å². The first-order valence-electron chi connectivity index (χ1n) is 7.25. The van der Waals surface area contributed by atoms with Gasteiger partial charge in [-0.15, -0.1) is 11.8 Å². The van der Waals surface area contributed by atoms with Gasteiger partial charge in [0.05, 0.1) is 17.6 Å². The summed E-state index contributed by atoms with van der Waals surface area (Å²) in [6, 6.07) is 1.92. The van der Waals surface area contributed by atoms with E-state index in [0.29, 0.717) is 11.4 Å². The van der Waals surface area contributed by atoms with Gasteiger partial charge < -0.3 is 15.5 Å². The van der Waals surface area contributed by atoms with Crippen LogP contribution < -0.4 is 15.5 Å². The molecule has 0 saturated carbocycles. The normalized spacial score (nSPS) is 15.5. The first-order valence-corrected chi connectivity index (χ1v) is 8.30. The highest BCUT2D eigenvalue weighted by molar-refractivity contribution is 8.02. The minimum absolute atomic E-state index is 0.264. The topological polar surface area (TPSA) is 69.6 Å². The lowest BCUT2D eigenvalue weighted by atomic mass is 10.2. The number of aromatic nitrogens is 1. The van der Waals surface area contributed by atoms with Crippen LogP contribution in [0.25, 0.3) is 0 Å². The van der Waals surface area contributed by atoms with E-state index in [0.717, 1.165) is 37.6 Å². The predicted molar refractivity (Wildman–Crippen MR) is 93.7 cm³/mol. The highest BCUT2D eigenvalue weighted by atomic mass is 32.2. The molecular formula is C15H21N5OS. The number of hydrogen-bond acceptors (Lipinski definition) is 6. The van der Waals surface area contributed by atoms with E-state index in [9.17, 15) is 4.79 Å². The maximum atomic E-state index is 12.3. The molecule has 0 radical (unpaired) electrons. The van der Waals surface area contributed by atoms with Crippen LogP contribution in [0.2, 0.25) is 0 Å². The minimum Gasteiger partial charge on any atom is -0.367 e. The van der Waals surface area contributed by atoms with Crippen molar-refractivity contribution in [3.63, 3.8) is 0 Å². The van der Waals surface area contributed by atoms with Gasteiger partial charge in [0.25, 0.3) is 5.91 Å². The van der Waals surface area contributed by atoms with E-state index >= 15 is 0 Å². The number of aliphatic imine (C=N–C) groups is 1. The fourth-order valence-corrected chi connectivity index (χ4v) is 2.68. The summed E-state index contributed by atoms with van der Waals surface area (Å²) >= 11 is 1.52. The predicted octanol–water partition coefficient (Wildman–Crippen LogP) is 1.72. The first kappa shape index (κ1) is 16.5. The number of nitrogens with zero attached hydrogens (tertiary/aromatic N) is 3. The molecule has 0 spiro atoms. The third-order valence-corrected chi connectivity index (χ3v) is 3.99. The summed E-state index contributed by atoms with van der Waals surface area (Å²) < 4.78 is 0. The largest absolute Gasteiger partial charge is 0.367 e. The molecule has 1 saturated heterocycles. The Balaban J connectivity index is 2.15. The molecule has 6 nitrogen and oxygen atoms in total. The van der Waals surface area contributed by atoms with E-state index in [2.05, 4.69) is 32.2 Å². The molecule has 7 heteroatoms. The van der Waals surface area contributed by atoms with Crippen molar-refractivity contribution in [1.82, 2.24) is 10.3 Å². The highest BCUT2D eigenvalue weighted by Gasteiger charge is 2.16. The summed E-state index contributed by atoms with van der Waals surface area (Å²) in [5, 5.41) is 7.93. The van der Waals surface area contributed by atoms with Gasteiger partial charge in [-0.05, 0) is 18.5 Å². The van der Waals surface area contributed by atoms with Crippen LogP contribution in [0, 0.1) is 0 Å². The number of carbonyl (C=O) groups is 1. The van der Waals surface area contributed by atoms with Crippen molar-refractivity contribution in [2.45, 2.75) is 6.92 Å². The van der Waals surface area contributed by atoms with Crippen molar-refractivity contribution < 1.29 is 4.79 Å². The molecule has 2 N–H and O–H groups in total. The maximum absolute atomic E-state index is 12.3. The third kappa shape index (κ3) is 4.32. The number of nitrogens with one attached hydrogen (secondary N) is 2. The van der Waals surface area contributed by atoms with Gasteiger partial charge >= 0.3 is 0 Å². The number of rotatable bonds is 6. The smallest absolute Gasteiger partial charge is 0.274 e. The summed E-state index contributed by atoms with van der Waals surface area (Å²) in [5.41, 5.74) is 2.00. The molecule has 1 aliphatic heterocycles. The molecule has 22 heavy (non-hydrogen) atoms. The molecule has 2 heterocycles. The van der Waals surface area contributed by atoms with E-state index < -0.39 is 0 Å². The molecule has 2 rings (SSSR count). The molecule has 0 aliphatic carbocycles. The van der Waals surface area contributed by atoms with E-state index in [1.807, 2.05) is 13.0 Å². The van der Waals surface area contributed by atoms with Crippen molar-refractivity contribution in [3.8, 4) is 0 Å².